The number of carbonyl (C=O) groups is 1. The maximum Gasteiger partial charge on any atom is 0.326 e. The molecule has 22 heavy (non-hydrogen) atoms. The number of rotatable bonds is 3. The lowest BCUT2D eigenvalue weighted by atomic mass is 10.2. The molecule has 0 radical (unpaired) electrons. The van der Waals surface area contributed by atoms with E-state index in [0.717, 1.165) is 34.0 Å². The van der Waals surface area contributed by atoms with Crippen LogP contribution in [0.2, 0.25) is 0 Å². The number of amides is 2. The van der Waals surface area contributed by atoms with Crippen LogP contribution in [0, 0.1) is 0 Å². The predicted octanol–water partition coefficient (Wildman–Crippen LogP) is 5.19. The van der Waals surface area contributed by atoms with Gasteiger partial charge >= 0.3 is 6.03 Å². The minimum atomic E-state index is -0.0545. The molecule has 0 spiro atoms. The fourth-order valence-corrected chi connectivity index (χ4v) is 3.76. The molecule has 0 unspecified atom stereocenters. The third-order valence-electron chi connectivity index (χ3n) is 3.73. The zero-order valence-electron chi connectivity index (χ0n) is 12.9. The van der Waals surface area contributed by atoms with Crippen molar-refractivity contribution >= 4 is 29.2 Å². The number of nitrogens with one attached hydrogen (secondary N) is 1. The highest BCUT2D eigenvalue weighted by Crippen LogP contribution is 2.47. The molecule has 0 aliphatic carbocycles. The molecule has 4 heteroatoms. The number of para-hydroxylation sites is 2. The summed E-state index contributed by atoms with van der Waals surface area (Å²) in [4.78, 5) is 16.8. The minimum absolute atomic E-state index is 0.0545. The van der Waals surface area contributed by atoms with E-state index in [2.05, 4.69) is 31.3 Å². The molecule has 3 rings (SSSR count). The van der Waals surface area contributed by atoms with E-state index in [1.54, 1.807) is 16.7 Å². The number of carbonyl (C=O) groups excluding carboxylic acids is 1. The van der Waals surface area contributed by atoms with E-state index >= 15 is 0 Å². The predicted molar refractivity (Wildman–Crippen MR) is 92.0 cm³/mol. The van der Waals surface area contributed by atoms with Gasteiger partial charge in [-0.05, 0) is 37.6 Å². The van der Waals surface area contributed by atoms with Gasteiger partial charge in [0.25, 0.3) is 0 Å². The summed E-state index contributed by atoms with van der Waals surface area (Å²) >= 11 is 1.71. The van der Waals surface area contributed by atoms with E-state index in [-0.39, 0.29) is 12.1 Å². The van der Waals surface area contributed by atoms with Crippen LogP contribution in [0.15, 0.2) is 58.3 Å². The minimum Gasteiger partial charge on any atom is -0.335 e. The SMILES string of the molecule is CCC[C@@H](C)NC(=O)N1c2ccccc2Sc2ccccc21. The Morgan fingerprint density at radius 1 is 1.09 bits per heavy atom. The van der Waals surface area contributed by atoms with Gasteiger partial charge in [0.2, 0.25) is 0 Å². The van der Waals surface area contributed by atoms with Gasteiger partial charge in [0.05, 0.1) is 11.4 Å². The Kier molecular flexibility index (Phi) is 4.39. The van der Waals surface area contributed by atoms with E-state index in [4.69, 9.17) is 0 Å². The van der Waals surface area contributed by atoms with Gasteiger partial charge in [-0.15, -0.1) is 0 Å². The first kappa shape index (κ1) is 15.0. The highest BCUT2D eigenvalue weighted by atomic mass is 32.2. The van der Waals surface area contributed by atoms with Gasteiger partial charge in [0.1, 0.15) is 0 Å². The van der Waals surface area contributed by atoms with Crippen LogP contribution in [0.4, 0.5) is 16.2 Å². The third-order valence-corrected chi connectivity index (χ3v) is 4.86. The van der Waals surface area contributed by atoms with Crippen molar-refractivity contribution in [1.29, 1.82) is 0 Å². The molecule has 0 saturated carbocycles. The quantitative estimate of drug-likeness (QED) is 0.846. The molecule has 1 N–H and O–H groups in total. The Balaban J connectivity index is 1.97. The first-order valence-electron chi connectivity index (χ1n) is 7.67. The molecule has 2 aromatic carbocycles. The molecule has 0 saturated heterocycles. The highest BCUT2D eigenvalue weighted by Gasteiger charge is 2.28. The zero-order chi connectivity index (χ0) is 15.5. The van der Waals surface area contributed by atoms with Crippen molar-refractivity contribution < 1.29 is 4.79 Å². The van der Waals surface area contributed by atoms with Gasteiger partial charge in [-0.1, -0.05) is 49.4 Å². The summed E-state index contributed by atoms with van der Waals surface area (Å²) in [6.07, 6.45) is 2.04. The standard InChI is InChI=1S/C18H20N2OS/c1-3-8-13(2)19-18(21)20-14-9-4-6-11-16(14)22-17-12-7-5-10-15(17)20/h4-7,9-13H,3,8H2,1-2H3,(H,19,21)/t13-/m1/s1. The summed E-state index contributed by atoms with van der Waals surface area (Å²) in [6.45, 7) is 4.18. The van der Waals surface area contributed by atoms with Crippen molar-refractivity contribution in [3.63, 3.8) is 0 Å². The molecule has 1 heterocycles. The number of benzene rings is 2. The topological polar surface area (TPSA) is 32.3 Å². The monoisotopic (exact) mass is 312 g/mol. The molecule has 1 atom stereocenters. The van der Waals surface area contributed by atoms with E-state index in [1.807, 2.05) is 36.4 Å². The summed E-state index contributed by atoms with van der Waals surface area (Å²) in [7, 11) is 0. The third kappa shape index (κ3) is 2.83. The molecular formula is C18H20N2OS. The van der Waals surface area contributed by atoms with Gasteiger partial charge in [-0.25, -0.2) is 4.79 Å². The summed E-state index contributed by atoms with van der Waals surface area (Å²) in [5, 5.41) is 3.11. The van der Waals surface area contributed by atoms with Crippen LogP contribution in [-0.4, -0.2) is 12.1 Å². The van der Waals surface area contributed by atoms with Crippen LogP contribution in [-0.2, 0) is 0 Å². The number of urea groups is 1. The van der Waals surface area contributed by atoms with Crippen LogP contribution >= 0.6 is 11.8 Å². The number of hydrogen-bond donors (Lipinski definition) is 1. The number of nitrogens with zero attached hydrogens (tertiary/aromatic N) is 1. The number of anilines is 2. The van der Waals surface area contributed by atoms with Crippen LogP contribution in [0.3, 0.4) is 0 Å². The average molecular weight is 312 g/mol. The largest absolute Gasteiger partial charge is 0.335 e. The zero-order valence-corrected chi connectivity index (χ0v) is 13.7. The van der Waals surface area contributed by atoms with E-state index in [0.29, 0.717) is 0 Å². The summed E-state index contributed by atoms with van der Waals surface area (Å²) in [5.74, 6) is 0. The smallest absolute Gasteiger partial charge is 0.326 e. The Hall–Kier alpha value is -1.94. The van der Waals surface area contributed by atoms with Crippen LogP contribution < -0.4 is 10.2 Å². The Bertz CT molecular complexity index is 641. The fourth-order valence-electron chi connectivity index (χ4n) is 2.70. The molecule has 2 aromatic rings. The normalized spacial score (nSPS) is 14.0. The van der Waals surface area contributed by atoms with Crippen molar-refractivity contribution in [1.82, 2.24) is 5.32 Å². The summed E-state index contributed by atoms with van der Waals surface area (Å²) in [5.41, 5.74) is 1.90. The Morgan fingerprint density at radius 3 is 2.18 bits per heavy atom. The van der Waals surface area contributed by atoms with Crippen molar-refractivity contribution in [2.24, 2.45) is 0 Å². The Labute approximate surface area is 135 Å². The van der Waals surface area contributed by atoms with Gasteiger partial charge in [-0.3, -0.25) is 4.90 Å². The molecule has 114 valence electrons. The lowest BCUT2D eigenvalue weighted by molar-refractivity contribution is 0.244. The lowest BCUT2D eigenvalue weighted by Gasteiger charge is -2.32. The maximum atomic E-state index is 12.8. The molecule has 1 aliphatic heterocycles. The van der Waals surface area contributed by atoms with Crippen molar-refractivity contribution in [2.75, 3.05) is 4.90 Å². The molecule has 1 aliphatic rings. The number of fused-ring (bicyclic) bond motifs is 2. The molecule has 0 aromatic heterocycles. The van der Waals surface area contributed by atoms with Crippen molar-refractivity contribution in [3.8, 4) is 0 Å². The fraction of sp³-hybridized carbons (Fsp3) is 0.278. The van der Waals surface area contributed by atoms with Gasteiger partial charge in [0.15, 0.2) is 0 Å². The molecule has 2 amide bonds. The van der Waals surface area contributed by atoms with Crippen LogP contribution in [0.25, 0.3) is 0 Å². The van der Waals surface area contributed by atoms with E-state index < -0.39 is 0 Å². The molecule has 0 bridgehead atoms. The summed E-state index contributed by atoms with van der Waals surface area (Å²) in [6, 6.07) is 16.2. The second-order valence-electron chi connectivity index (χ2n) is 5.51. The lowest BCUT2D eigenvalue weighted by Crippen LogP contribution is -2.42. The average Bonchev–Trinajstić information content (AvgIpc) is 2.52. The first-order chi connectivity index (χ1) is 10.7. The van der Waals surface area contributed by atoms with Crippen LogP contribution in [0.5, 0.6) is 0 Å². The molecular weight excluding hydrogens is 292 g/mol. The highest BCUT2D eigenvalue weighted by molar-refractivity contribution is 7.99. The molecule has 0 fully saturated rings. The molecule has 3 nitrogen and oxygen atoms in total. The Morgan fingerprint density at radius 2 is 1.64 bits per heavy atom. The van der Waals surface area contributed by atoms with Gasteiger partial charge in [0, 0.05) is 15.8 Å². The summed E-state index contributed by atoms with van der Waals surface area (Å²) < 4.78 is 0. The number of hydrogen-bond acceptors (Lipinski definition) is 2. The van der Waals surface area contributed by atoms with E-state index in [1.165, 1.54) is 0 Å². The van der Waals surface area contributed by atoms with E-state index in [9.17, 15) is 4.79 Å². The van der Waals surface area contributed by atoms with Gasteiger partial charge in [-0.2, -0.15) is 0 Å². The van der Waals surface area contributed by atoms with Gasteiger partial charge < -0.3 is 5.32 Å². The second-order valence-corrected chi connectivity index (χ2v) is 6.60. The van der Waals surface area contributed by atoms with Crippen molar-refractivity contribution in [3.05, 3.63) is 48.5 Å². The maximum absolute atomic E-state index is 12.8. The van der Waals surface area contributed by atoms with Crippen molar-refractivity contribution in [2.45, 2.75) is 42.5 Å². The van der Waals surface area contributed by atoms with Crippen LogP contribution in [0.1, 0.15) is 26.7 Å². The second kappa shape index (κ2) is 6.44. The first-order valence-corrected chi connectivity index (χ1v) is 8.49.